The molecule has 1 aliphatic carbocycles. The molecule has 0 saturated heterocycles. The van der Waals surface area contributed by atoms with Gasteiger partial charge in [-0.15, -0.1) is 11.6 Å². The Hall–Kier alpha value is -0.136. The molecule has 2 N–H and O–H groups in total. The van der Waals surface area contributed by atoms with Gasteiger partial charge in [0.05, 0.1) is 24.6 Å². The summed E-state index contributed by atoms with van der Waals surface area (Å²) in [6.07, 6.45) is 3.36. The Morgan fingerprint density at radius 2 is 2.16 bits per heavy atom. The van der Waals surface area contributed by atoms with Gasteiger partial charge < -0.3 is 24.7 Å². The molecule has 3 rings (SSSR count). The van der Waals surface area contributed by atoms with E-state index in [9.17, 15) is 10.2 Å². The zero-order valence-electron chi connectivity index (χ0n) is 10.2. The molecule has 2 aromatic rings. The molecule has 1 aliphatic rings. The van der Waals surface area contributed by atoms with Gasteiger partial charge in [0.25, 0.3) is 0 Å². The number of imidazole rings is 1. The normalized spacial score (nSPS) is 30.5. The molecule has 0 amide bonds. The SMILES string of the molecule is C[C@H]1C[C@@H](n2cnc3[c-]nc(Cl)nc32)[C@H](O)[C@@H]1O.[Y]. The molecule has 0 bridgehead atoms. The number of rotatable bonds is 1. The van der Waals surface area contributed by atoms with E-state index < -0.39 is 12.2 Å². The number of hydrogen-bond donors (Lipinski definition) is 2. The van der Waals surface area contributed by atoms with Gasteiger partial charge in [0.2, 0.25) is 0 Å². The van der Waals surface area contributed by atoms with E-state index in [0.717, 1.165) is 0 Å². The summed E-state index contributed by atoms with van der Waals surface area (Å²) >= 11 is 5.74. The number of halogens is 1. The van der Waals surface area contributed by atoms with Gasteiger partial charge in [-0.3, -0.25) is 4.98 Å². The first kappa shape index (κ1) is 15.3. The third-order valence-electron chi connectivity index (χ3n) is 3.52. The first-order valence-electron chi connectivity index (χ1n) is 5.72. The van der Waals surface area contributed by atoms with E-state index in [4.69, 9.17) is 11.6 Å². The van der Waals surface area contributed by atoms with Crippen molar-refractivity contribution in [3.63, 3.8) is 0 Å². The van der Waals surface area contributed by atoms with Gasteiger partial charge in [-0.1, -0.05) is 6.92 Å². The summed E-state index contributed by atoms with van der Waals surface area (Å²) in [6.45, 7) is 1.90. The molecule has 0 aliphatic heterocycles. The third-order valence-corrected chi connectivity index (χ3v) is 3.69. The van der Waals surface area contributed by atoms with Gasteiger partial charge in [-0.25, -0.2) is 0 Å². The quantitative estimate of drug-likeness (QED) is 0.577. The summed E-state index contributed by atoms with van der Waals surface area (Å²) in [6, 6.07) is -0.251. The summed E-state index contributed by atoms with van der Waals surface area (Å²) in [5.74, 6) is 0.0312. The molecule has 19 heavy (non-hydrogen) atoms. The van der Waals surface area contributed by atoms with E-state index >= 15 is 0 Å². The van der Waals surface area contributed by atoms with E-state index in [1.165, 1.54) is 0 Å². The van der Waals surface area contributed by atoms with Crippen LogP contribution in [-0.2, 0) is 32.7 Å². The Labute approximate surface area is 140 Å². The van der Waals surface area contributed by atoms with Crippen molar-refractivity contribution in [2.45, 2.75) is 31.6 Å². The molecule has 8 heteroatoms. The maximum atomic E-state index is 10.0. The second-order valence-corrected chi connectivity index (χ2v) is 5.03. The van der Waals surface area contributed by atoms with E-state index in [1.54, 1.807) is 10.9 Å². The van der Waals surface area contributed by atoms with Gasteiger partial charge in [0.15, 0.2) is 0 Å². The second kappa shape index (κ2) is 5.70. The van der Waals surface area contributed by atoms with Crippen LogP contribution < -0.4 is 0 Å². The Morgan fingerprint density at radius 3 is 2.79 bits per heavy atom. The van der Waals surface area contributed by atoms with Crippen molar-refractivity contribution in [2.75, 3.05) is 0 Å². The second-order valence-electron chi connectivity index (χ2n) is 4.69. The largest absolute Gasteiger partial charge is 0.390 e. The van der Waals surface area contributed by atoms with Crippen molar-refractivity contribution < 1.29 is 42.9 Å². The Morgan fingerprint density at radius 1 is 1.42 bits per heavy atom. The minimum absolute atomic E-state index is 0. The van der Waals surface area contributed by atoms with Crippen molar-refractivity contribution in [2.24, 2.45) is 5.92 Å². The molecule has 0 unspecified atom stereocenters. The maximum Gasteiger partial charge on any atom is 0.107 e. The van der Waals surface area contributed by atoms with Crippen molar-refractivity contribution in [3.8, 4) is 0 Å². The van der Waals surface area contributed by atoms with Gasteiger partial charge in [-0.05, 0) is 18.5 Å². The van der Waals surface area contributed by atoms with Crippen LogP contribution in [0.1, 0.15) is 19.4 Å². The topological polar surface area (TPSA) is 84.1 Å². The minimum Gasteiger partial charge on any atom is -0.390 e. The summed E-state index contributed by atoms with van der Waals surface area (Å²) in [5, 5.41) is 19.9. The van der Waals surface area contributed by atoms with Crippen molar-refractivity contribution >= 4 is 22.8 Å². The van der Waals surface area contributed by atoms with E-state index in [-0.39, 0.29) is 50.0 Å². The molecule has 6 nitrogen and oxygen atoms in total. The molecule has 1 radical (unpaired) electrons. The Balaban J connectivity index is 0.00000133. The number of aromatic nitrogens is 4. The van der Waals surface area contributed by atoms with E-state index in [2.05, 4.69) is 21.1 Å². The summed E-state index contributed by atoms with van der Waals surface area (Å²) in [7, 11) is 0. The standard InChI is InChI=1S/C11H12ClN4O2.Y/c1-5-2-7(9(18)8(5)17)16-4-14-6-3-13-11(12)15-10(6)16;/h4-5,7-9,17-18H,2H2,1H3;/q-1;/t5-,7+,8+,9-;/m0./s1. The fraction of sp³-hybridized carbons (Fsp3) is 0.545. The van der Waals surface area contributed by atoms with Gasteiger partial charge in [-0.2, -0.15) is 0 Å². The summed E-state index contributed by atoms with van der Waals surface area (Å²) < 4.78 is 1.73. The van der Waals surface area contributed by atoms with Crippen molar-refractivity contribution in [1.29, 1.82) is 0 Å². The molecule has 2 heterocycles. The zero-order valence-corrected chi connectivity index (χ0v) is 13.8. The molecule has 4 atom stereocenters. The molecular formula is C11H12ClN4O2Y-. The fourth-order valence-corrected chi connectivity index (χ4v) is 2.62. The molecule has 0 spiro atoms. The average Bonchev–Trinajstić information content (AvgIpc) is 2.86. The van der Waals surface area contributed by atoms with Crippen molar-refractivity contribution in [3.05, 3.63) is 17.8 Å². The maximum absolute atomic E-state index is 10.0. The fourth-order valence-electron chi connectivity index (χ4n) is 2.50. The average molecular weight is 357 g/mol. The van der Waals surface area contributed by atoms with Crippen LogP contribution in [0.3, 0.4) is 0 Å². The number of fused-ring (bicyclic) bond motifs is 1. The number of aliphatic hydroxyl groups is 2. The Kier molecular flexibility index (Phi) is 4.57. The van der Waals surface area contributed by atoms with Crippen LogP contribution in [0, 0.1) is 12.1 Å². The smallest absolute Gasteiger partial charge is 0.107 e. The molecule has 99 valence electrons. The number of hydrogen-bond acceptors (Lipinski definition) is 5. The van der Waals surface area contributed by atoms with Crippen LogP contribution in [-0.4, -0.2) is 41.9 Å². The predicted octanol–water partition coefficient (Wildman–Crippen LogP) is 0.580. The van der Waals surface area contributed by atoms with Crippen LogP contribution in [0.4, 0.5) is 0 Å². The van der Waals surface area contributed by atoms with Gasteiger partial charge in [0, 0.05) is 43.9 Å². The van der Waals surface area contributed by atoms with Crippen LogP contribution in [0.25, 0.3) is 11.2 Å². The van der Waals surface area contributed by atoms with Crippen LogP contribution >= 0.6 is 11.6 Å². The molecule has 1 fully saturated rings. The summed E-state index contributed by atoms with van der Waals surface area (Å²) in [4.78, 5) is 12.0. The first-order chi connectivity index (χ1) is 8.58. The molecule has 0 aromatic carbocycles. The number of nitrogens with zero attached hydrogens (tertiary/aromatic N) is 4. The monoisotopic (exact) mass is 356 g/mol. The summed E-state index contributed by atoms with van der Waals surface area (Å²) in [5.41, 5.74) is 1.03. The Bertz CT molecular complexity index is 593. The van der Waals surface area contributed by atoms with E-state index in [1.807, 2.05) is 6.92 Å². The van der Waals surface area contributed by atoms with Crippen LogP contribution in [0.5, 0.6) is 0 Å². The van der Waals surface area contributed by atoms with Crippen LogP contribution in [0.15, 0.2) is 6.33 Å². The number of aliphatic hydroxyl groups excluding tert-OH is 2. The minimum atomic E-state index is -0.828. The van der Waals surface area contributed by atoms with Crippen molar-refractivity contribution in [1.82, 2.24) is 19.5 Å². The molecule has 2 aromatic heterocycles. The first-order valence-corrected chi connectivity index (χ1v) is 6.09. The third kappa shape index (κ3) is 2.57. The molecular weight excluding hydrogens is 345 g/mol. The van der Waals surface area contributed by atoms with Gasteiger partial charge in [0.1, 0.15) is 5.28 Å². The van der Waals surface area contributed by atoms with E-state index in [0.29, 0.717) is 17.6 Å². The van der Waals surface area contributed by atoms with Gasteiger partial charge >= 0.3 is 0 Å². The zero-order chi connectivity index (χ0) is 12.9. The van der Waals surface area contributed by atoms with Crippen LogP contribution in [0.2, 0.25) is 5.28 Å². The predicted molar refractivity (Wildman–Crippen MR) is 64.0 cm³/mol. The molecule has 1 saturated carbocycles.